The molecule has 0 aliphatic carbocycles. The van der Waals surface area contributed by atoms with E-state index in [2.05, 4.69) is 71.5 Å². The first kappa shape index (κ1) is 21.1. The number of carbonyl (C=O) groups is 1. The molecule has 0 radical (unpaired) electrons. The van der Waals surface area contributed by atoms with Gasteiger partial charge in [-0.3, -0.25) is 9.69 Å². The molecule has 1 atom stereocenters. The highest BCUT2D eigenvalue weighted by molar-refractivity contribution is 5.83. The van der Waals surface area contributed by atoms with E-state index in [-0.39, 0.29) is 18.0 Å². The number of carbonyl (C=O) groups excluding carboxylic acids is 1. The van der Waals surface area contributed by atoms with E-state index in [0.29, 0.717) is 6.04 Å². The number of hydrogen-bond donors (Lipinski definition) is 0. The van der Waals surface area contributed by atoms with E-state index in [4.69, 9.17) is 4.98 Å². The third-order valence-corrected chi connectivity index (χ3v) is 6.70. The van der Waals surface area contributed by atoms with E-state index in [1.165, 1.54) is 5.56 Å². The summed E-state index contributed by atoms with van der Waals surface area (Å²) < 4.78 is 2.21. The van der Waals surface area contributed by atoms with Crippen LogP contribution >= 0.6 is 0 Å². The van der Waals surface area contributed by atoms with Gasteiger partial charge in [-0.05, 0) is 46.3 Å². The summed E-state index contributed by atoms with van der Waals surface area (Å²) in [6.45, 7) is 7.66. The van der Waals surface area contributed by atoms with Gasteiger partial charge in [0.05, 0.1) is 17.7 Å². The number of amides is 1. The summed E-state index contributed by atoms with van der Waals surface area (Å²) in [6.07, 6.45) is 4.91. The van der Waals surface area contributed by atoms with Crippen molar-refractivity contribution >= 4 is 5.91 Å². The second-order valence-corrected chi connectivity index (χ2v) is 9.21. The Hall–Kier alpha value is -2.18. The van der Waals surface area contributed by atoms with Crippen molar-refractivity contribution in [1.82, 2.24) is 24.3 Å². The van der Waals surface area contributed by atoms with Crippen molar-refractivity contribution in [3.05, 3.63) is 53.6 Å². The molecule has 2 aliphatic heterocycles. The quantitative estimate of drug-likeness (QED) is 0.761. The number of rotatable bonds is 5. The Morgan fingerprint density at radius 3 is 2.47 bits per heavy atom. The smallest absolute Gasteiger partial charge is 0.246 e. The molecule has 6 nitrogen and oxygen atoms in total. The van der Waals surface area contributed by atoms with Gasteiger partial charge in [0, 0.05) is 44.7 Å². The summed E-state index contributed by atoms with van der Waals surface area (Å²) in [5, 5.41) is 0. The van der Waals surface area contributed by atoms with Crippen LogP contribution in [0.2, 0.25) is 0 Å². The van der Waals surface area contributed by atoms with Gasteiger partial charge in [0.15, 0.2) is 0 Å². The maximum atomic E-state index is 13.9. The van der Waals surface area contributed by atoms with Gasteiger partial charge in [0.1, 0.15) is 6.04 Å². The molecule has 30 heavy (non-hydrogen) atoms. The second kappa shape index (κ2) is 8.90. The molecular weight excluding hydrogens is 374 g/mol. The molecule has 1 fully saturated rings. The summed E-state index contributed by atoms with van der Waals surface area (Å²) >= 11 is 0. The molecule has 1 aromatic carbocycles. The summed E-state index contributed by atoms with van der Waals surface area (Å²) in [4.78, 5) is 25.3. The molecule has 0 bridgehead atoms. The average Bonchev–Trinajstić information content (AvgIpc) is 3.18. The van der Waals surface area contributed by atoms with Crippen molar-refractivity contribution in [3.8, 4) is 0 Å². The van der Waals surface area contributed by atoms with Gasteiger partial charge >= 0.3 is 0 Å². The zero-order chi connectivity index (χ0) is 21.3. The van der Waals surface area contributed by atoms with Crippen molar-refractivity contribution in [1.29, 1.82) is 0 Å². The van der Waals surface area contributed by atoms with Crippen molar-refractivity contribution in [2.24, 2.45) is 0 Å². The molecule has 2 aliphatic rings. The number of fused-ring (bicyclic) bond motifs is 1. The molecule has 1 amide bonds. The first-order valence-corrected chi connectivity index (χ1v) is 11.2. The molecule has 162 valence electrons. The molecule has 4 rings (SSSR count). The van der Waals surface area contributed by atoms with Crippen molar-refractivity contribution < 1.29 is 4.79 Å². The second-order valence-electron chi connectivity index (χ2n) is 9.21. The molecule has 3 heterocycles. The Kier molecular flexibility index (Phi) is 6.25. The van der Waals surface area contributed by atoms with Gasteiger partial charge in [-0.25, -0.2) is 4.98 Å². The van der Waals surface area contributed by atoms with Gasteiger partial charge in [-0.1, -0.05) is 30.3 Å². The highest BCUT2D eigenvalue weighted by atomic mass is 16.2. The fraction of sp³-hybridized carbons (Fsp3) is 0.583. The van der Waals surface area contributed by atoms with Crippen molar-refractivity contribution in [2.75, 3.05) is 33.7 Å². The average molecular weight is 410 g/mol. The maximum absolute atomic E-state index is 13.9. The van der Waals surface area contributed by atoms with Gasteiger partial charge < -0.3 is 14.4 Å². The Labute approximate surface area is 180 Å². The summed E-state index contributed by atoms with van der Waals surface area (Å²) in [7, 11) is 4.27. The minimum atomic E-state index is -0.255. The Balaban J connectivity index is 1.63. The maximum Gasteiger partial charge on any atom is 0.246 e. The summed E-state index contributed by atoms with van der Waals surface area (Å²) in [5.41, 5.74) is 3.45. The molecule has 1 saturated heterocycles. The monoisotopic (exact) mass is 409 g/mol. The van der Waals surface area contributed by atoms with Crippen LogP contribution in [0.3, 0.4) is 0 Å². The predicted molar refractivity (Wildman–Crippen MR) is 119 cm³/mol. The molecule has 1 aromatic heterocycles. The van der Waals surface area contributed by atoms with E-state index in [1.54, 1.807) is 0 Å². The normalized spacial score (nSPS) is 20.7. The molecule has 2 aromatic rings. The van der Waals surface area contributed by atoms with Gasteiger partial charge in [-0.15, -0.1) is 0 Å². The van der Waals surface area contributed by atoms with Crippen LogP contribution in [0.1, 0.15) is 55.7 Å². The third-order valence-electron chi connectivity index (χ3n) is 6.70. The van der Waals surface area contributed by atoms with Gasteiger partial charge in [0.25, 0.3) is 0 Å². The first-order valence-electron chi connectivity index (χ1n) is 11.2. The van der Waals surface area contributed by atoms with Gasteiger partial charge in [-0.2, -0.15) is 0 Å². The number of nitrogens with zero attached hydrogens (tertiary/aromatic N) is 5. The van der Waals surface area contributed by atoms with Crippen LogP contribution in [-0.4, -0.2) is 69.9 Å². The molecule has 6 heteroatoms. The summed E-state index contributed by atoms with van der Waals surface area (Å²) in [5.74, 6) is 0.242. The van der Waals surface area contributed by atoms with E-state index in [9.17, 15) is 4.79 Å². The lowest BCUT2D eigenvalue weighted by atomic mass is 9.97. The number of piperidine rings is 1. The molecular formula is C24H35N5O. The number of likely N-dealkylation sites (tertiary alicyclic amines) is 1. The molecule has 1 unspecified atom stereocenters. The Morgan fingerprint density at radius 2 is 1.83 bits per heavy atom. The number of imidazole rings is 1. The van der Waals surface area contributed by atoms with Gasteiger partial charge in [0.2, 0.25) is 5.91 Å². The summed E-state index contributed by atoms with van der Waals surface area (Å²) in [6, 6.07) is 11.1. The lowest BCUT2D eigenvalue weighted by molar-refractivity contribution is -0.139. The van der Waals surface area contributed by atoms with E-state index in [0.717, 1.165) is 56.8 Å². The van der Waals surface area contributed by atoms with Crippen LogP contribution < -0.4 is 0 Å². The van der Waals surface area contributed by atoms with Crippen LogP contribution in [-0.2, 0) is 17.8 Å². The SMILES string of the molecule is CC(C)n1cnc2c1C(C(=O)N1CCC(N(C)C)CC1)N(Cc1ccccc1)CC2. The predicted octanol–water partition coefficient (Wildman–Crippen LogP) is 3.12. The van der Waals surface area contributed by atoms with Crippen LogP contribution in [0.15, 0.2) is 36.7 Å². The fourth-order valence-corrected chi connectivity index (χ4v) is 4.90. The number of benzene rings is 1. The zero-order valence-electron chi connectivity index (χ0n) is 18.8. The van der Waals surface area contributed by atoms with E-state index >= 15 is 0 Å². The minimum absolute atomic E-state index is 0.242. The zero-order valence-corrected chi connectivity index (χ0v) is 18.8. The third kappa shape index (κ3) is 4.16. The highest BCUT2D eigenvalue weighted by Gasteiger charge is 2.40. The van der Waals surface area contributed by atoms with Crippen LogP contribution in [0.4, 0.5) is 0 Å². The molecule has 0 saturated carbocycles. The van der Waals surface area contributed by atoms with E-state index in [1.807, 2.05) is 12.4 Å². The van der Waals surface area contributed by atoms with Crippen LogP contribution in [0.25, 0.3) is 0 Å². The minimum Gasteiger partial charge on any atom is -0.341 e. The van der Waals surface area contributed by atoms with Crippen molar-refractivity contribution in [3.63, 3.8) is 0 Å². The van der Waals surface area contributed by atoms with Crippen LogP contribution in [0, 0.1) is 0 Å². The first-order chi connectivity index (χ1) is 14.5. The van der Waals surface area contributed by atoms with Crippen molar-refractivity contribution in [2.45, 2.75) is 57.8 Å². The lowest BCUT2D eigenvalue weighted by Gasteiger charge is -2.41. The molecule has 0 N–H and O–H groups in total. The standard InChI is InChI=1S/C24H35N5O/c1-18(2)29-17-25-21-12-15-28(16-19-8-6-5-7-9-19)23(22(21)29)24(30)27-13-10-20(11-14-27)26(3)4/h5-9,17-18,20,23H,10-16H2,1-4H3. The van der Waals surface area contributed by atoms with E-state index < -0.39 is 0 Å². The topological polar surface area (TPSA) is 44.6 Å². The highest BCUT2D eigenvalue weighted by Crippen LogP contribution is 2.34. The Bertz CT molecular complexity index is 852. The number of hydrogen-bond acceptors (Lipinski definition) is 4. The fourth-order valence-electron chi connectivity index (χ4n) is 4.90. The van der Waals surface area contributed by atoms with Crippen LogP contribution in [0.5, 0.6) is 0 Å². The largest absolute Gasteiger partial charge is 0.341 e. The molecule has 0 spiro atoms. The lowest BCUT2D eigenvalue weighted by Crippen LogP contribution is -2.50. The number of aromatic nitrogens is 2. The Morgan fingerprint density at radius 1 is 1.13 bits per heavy atom.